The lowest BCUT2D eigenvalue weighted by Crippen LogP contribution is -1.88. The van der Waals surface area contributed by atoms with Crippen LogP contribution in [0.5, 0.6) is 5.75 Å². The van der Waals surface area contributed by atoms with Crippen LogP contribution in [0.4, 0.5) is 0 Å². The smallest absolute Gasteiger partial charge is 0.118 e. The number of ether oxygens (including phenoxy) is 1. The van der Waals surface area contributed by atoms with E-state index < -0.39 is 0 Å². The highest BCUT2D eigenvalue weighted by Crippen LogP contribution is 2.14. The molecule has 0 unspecified atom stereocenters. The monoisotopic (exact) mass is 251 g/mol. The second-order valence-electron chi connectivity index (χ2n) is 4.11. The Morgan fingerprint density at radius 2 is 1.84 bits per heavy atom. The van der Waals surface area contributed by atoms with E-state index >= 15 is 0 Å². The third-order valence-electron chi connectivity index (χ3n) is 2.90. The molecule has 0 atom stereocenters. The van der Waals surface area contributed by atoms with Crippen LogP contribution in [0, 0.1) is 0 Å². The molecule has 4 nitrogen and oxygen atoms in total. The van der Waals surface area contributed by atoms with E-state index in [0.29, 0.717) is 0 Å². The van der Waals surface area contributed by atoms with Crippen LogP contribution in [0.1, 0.15) is 5.56 Å². The maximum absolute atomic E-state index is 5.13. The van der Waals surface area contributed by atoms with Crippen LogP contribution < -0.4 is 4.74 Å². The Hall–Kier alpha value is -2.62. The van der Waals surface area contributed by atoms with Crippen LogP contribution in [-0.2, 0) is 0 Å². The van der Waals surface area contributed by atoms with Crippen LogP contribution >= 0.6 is 0 Å². The second-order valence-corrected chi connectivity index (χ2v) is 4.11. The fourth-order valence-corrected chi connectivity index (χ4v) is 1.87. The predicted octanol–water partition coefficient (Wildman–Crippen LogP) is 3.07. The highest BCUT2D eigenvalue weighted by Gasteiger charge is 1.99. The number of para-hydroxylation sites is 1. The summed E-state index contributed by atoms with van der Waals surface area (Å²) in [4.78, 5) is 0. The van der Waals surface area contributed by atoms with E-state index in [9.17, 15) is 0 Å². The van der Waals surface area contributed by atoms with Gasteiger partial charge >= 0.3 is 0 Å². The maximum Gasteiger partial charge on any atom is 0.118 e. The molecule has 0 aliphatic carbocycles. The minimum absolute atomic E-state index is 0.850. The van der Waals surface area contributed by atoms with Gasteiger partial charge in [-0.25, -0.2) is 4.68 Å². The highest BCUT2D eigenvalue weighted by atomic mass is 16.5. The van der Waals surface area contributed by atoms with E-state index in [1.807, 2.05) is 60.8 Å². The Morgan fingerprint density at radius 3 is 2.63 bits per heavy atom. The molecule has 4 heteroatoms. The van der Waals surface area contributed by atoms with Gasteiger partial charge in [0.05, 0.1) is 12.6 Å². The molecule has 0 aliphatic rings. The summed E-state index contributed by atoms with van der Waals surface area (Å²) in [5.41, 5.74) is 2.97. The van der Waals surface area contributed by atoms with Crippen molar-refractivity contribution in [2.24, 2.45) is 0 Å². The van der Waals surface area contributed by atoms with Crippen LogP contribution in [0.3, 0.4) is 0 Å². The van der Waals surface area contributed by atoms with Gasteiger partial charge in [-0.15, -0.1) is 5.10 Å². The lowest BCUT2D eigenvalue weighted by atomic mass is 10.2. The van der Waals surface area contributed by atoms with Gasteiger partial charge in [0.1, 0.15) is 11.3 Å². The first-order valence-corrected chi connectivity index (χ1v) is 5.99. The van der Waals surface area contributed by atoms with Crippen molar-refractivity contribution >= 4 is 23.3 Å². The van der Waals surface area contributed by atoms with Crippen LogP contribution in [-0.4, -0.2) is 22.1 Å². The van der Waals surface area contributed by atoms with Crippen molar-refractivity contribution in [2.45, 2.75) is 0 Å². The minimum atomic E-state index is 0.850. The topological polar surface area (TPSA) is 39.9 Å². The molecule has 3 aromatic rings. The summed E-state index contributed by atoms with van der Waals surface area (Å²) in [5.74, 6) is 0.850. The number of hydrogen-bond acceptors (Lipinski definition) is 3. The normalized spacial score (nSPS) is 11.2. The summed E-state index contributed by atoms with van der Waals surface area (Å²) in [6.45, 7) is 0. The van der Waals surface area contributed by atoms with Crippen molar-refractivity contribution in [1.82, 2.24) is 15.0 Å². The zero-order chi connectivity index (χ0) is 13.1. The third kappa shape index (κ3) is 2.33. The van der Waals surface area contributed by atoms with Crippen molar-refractivity contribution in [3.05, 3.63) is 54.1 Å². The van der Waals surface area contributed by atoms with Gasteiger partial charge in [-0.1, -0.05) is 29.5 Å². The SMILES string of the molecule is COc1ccc(/C=C/n2nnc3ccccc32)cc1. The summed E-state index contributed by atoms with van der Waals surface area (Å²) in [6, 6.07) is 15.7. The van der Waals surface area contributed by atoms with E-state index in [-0.39, 0.29) is 0 Å². The lowest BCUT2D eigenvalue weighted by Gasteiger charge is -1.99. The average molecular weight is 251 g/mol. The van der Waals surface area contributed by atoms with Gasteiger partial charge in [0, 0.05) is 6.20 Å². The van der Waals surface area contributed by atoms with Crippen molar-refractivity contribution < 1.29 is 4.74 Å². The zero-order valence-electron chi connectivity index (χ0n) is 10.5. The molecule has 2 aromatic carbocycles. The fraction of sp³-hybridized carbons (Fsp3) is 0.0667. The van der Waals surface area contributed by atoms with E-state index in [2.05, 4.69) is 10.3 Å². The molecule has 0 bridgehead atoms. The Kier molecular flexibility index (Phi) is 2.98. The van der Waals surface area contributed by atoms with E-state index in [4.69, 9.17) is 4.74 Å². The molecule has 0 radical (unpaired) electrons. The molecule has 0 N–H and O–H groups in total. The van der Waals surface area contributed by atoms with Gasteiger partial charge in [0.2, 0.25) is 0 Å². The van der Waals surface area contributed by atoms with E-state index in [1.54, 1.807) is 11.8 Å². The first-order valence-electron chi connectivity index (χ1n) is 5.99. The van der Waals surface area contributed by atoms with Crippen LogP contribution in [0.2, 0.25) is 0 Å². The Bertz CT molecular complexity index is 714. The summed E-state index contributed by atoms with van der Waals surface area (Å²) in [7, 11) is 1.66. The molecule has 0 amide bonds. The average Bonchev–Trinajstić information content (AvgIpc) is 2.89. The number of benzene rings is 2. The number of aromatic nitrogens is 3. The van der Waals surface area contributed by atoms with Gasteiger partial charge in [-0.3, -0.25) is 0 Å². The van der Waals surface area contributed by atoms with Gasteiger partial charge < -0.3 is 4.74 Å². The van der Waals surface area contributed by atoms with E-state index in [0.717, 1.165) is 22.3 Å². The third-order valence-corrected chi connectivity index (χ3v) is 2.90. The molecule has 3 rings (SSSR count). The van der Waals surface area contributed by atoms with Gasteiger partial charge in [-0.2, -0.15) is 0 Å². The van der Waals surface area contributed by atoms with Crippen molar-refractivity contribution in [1.29, 1.82) is 0 Å². The number of nitrogens with zero attached hydrogens (tertiary/aromatic N) is 3. The predicted molar refractivity (Wildman–Crippen MR) is 75.7 cm³/mol. The molecule has 0 saturated carbocycles. The first kappa shape index (κ1) is 11.5. The molecule has 94 valence electrons. The number of fused-ring (bicyclic) bond motifs is 1. The standard InChI is InChI=1S/C15H13N3O/c1-19-13-8-6-12(7-9-13)10-11-18-15-5-3-2-4-14(15)16-17-18/h2-11H,1H3/b11-10+. The van der Waals surface area contributed by atoms with Crippen molar-refractivity contribution in [2.75, 3.05) is 7.11 Å². The molecule has 0 fully saturated rings. The summed E-state index contributed by atoms with van der Waals surface area (Å²) in [5, 5.41) is 8.20. The molecule has 1 heterocycles. The van der Waals surface area contributed by atoms with Crippen molar-refractivity contribution in [3.8, 4) is 5.75 Å². The number of hydrogen-bond donors (Lipinski definition) is 0. The van der Waals surface area contributed by atoms with Crippen LogP contribution in [0.15, 0.2) is 48.5 Å². The van der Waals surface area contributed by atoms with Crippen LogP contribution in [0.25, 0.3) is 23.3 Å². The fourth-order valence-electron chi connectivity index (χ4n) is 1.87. The molecule has 1 aromatic heterocycles. The van der Waals surface area contributed by atoms with E-state index in [1.165, 1.54) is 0 Å². The Morgan fingerprint density at radius 1 is 1.05 bits per heavy atom. The Labute approximate surface area is 110 Å². The molecule has 0 saturated heterocycles. The molecular formula is C15H13N3O. The molecular weight excluding hydrogens is 238 g/mol. The summed E-state index contributed by atoms with van der Waals surface area (Å²) in [6.07, 6.45) is 3.89. The molecule has 0 spiro atoms. The van der Waals surface area contributed by atoms with Gasteiger partial charge in [0.25, 0.3) is 0 Å². The van der Waals surface area contributed by atoms with Gasteiger partial charge in [0.15, 0.2) is 0 Å². The molecule has 0 aliphatic heterocycles. The second kappa shape index (κ2) is 4.94. The zero-order valence-corrected chi connectivity index (χ0v) is 10.5. The quantitative estimate of drug-likeness (QED) is 0.718. The lowest BCUT2D eigenvalue weighted by molar-refractivity contribution is 0.415. The first-order chi connectivity index (χ1) is 9.36. The summed E-state index contributed by atoms with van der Waals surface area (Å²) < 4.78 is 6.89. The minimum Gasteiger partial charge on any atom is -0.497 e. The summed E-state index contributed by atoms with van der Waals surface area (Å²) >= 11 is 0. The molecule has 19 heavy (non-hydrogen) atoms. The van der Waals surface area contributed by atoms with Gasteiger partial charge in [-0.05, 0) is 35.9 Å². The maximum atomic E-state index is 5.13. The number of methoxy groups -OCH3 is 1. The Balaban J connectivity index is 1.89. The largest absolute Gasteiger partial charge is 0.497 e. The number of rotatable bonds is 3. The highest BCUT2D eigenvalue weighted by molar-refractivity contribution is 5.77. The van der Waals surface area contributed by atoms with Crippen molar-refractivity contribution in [3.63, 3.8) is 0 Å².